The molecule has 0 bridgehead atoms. The first-order chi connectivity index (χ1) is 15.4. The molecule has 2 aliphatic heterocycles. The van der Waals surface area contributed by atoms with E-state index in [1.54, 1.807) is 18.3 Å². The highest BCUT2D eigenvalue weighted by Crippen LogP contribution is 2.41. The first-order valence-electron chi connectivity index (χ1n) is 11.0. The molecule has 3 heterocycles. The van der Waals surface area contributed by atoms with Crippen molar-refractivity contribution in [3.8, 4) is 5.75 Å². The Hall–Kier alpha value is -2.42. The van der Waals surface area contributed by atoms with Crippen LogP contribution in [0.25, 0.3) is 11.6 Å². The van der Waals surface area contributed by atoms with Gasteiger partial charge in [-0.05, 0) is 66.3 Å². The molecule has 6 nitrogen and oxygen atoms in total. The molecule has 1 aromatic heterocycles. The van der Waals surface area contributed by atoms with E-state index in [2.05, 4.69) is 4.98 Å². The number of aromatic hydroxyl groups is 1. The lowest BCUT2D eigenvalue weighted by Crippen LogP contribution is -2.41. The summed E-state index contributed by atoms with van der Waals surface area (Å²) >= 11 is 0. The third-order valence-electron chi connectivity index (χ3n) is 6.10. The fourth-order valence-electron chi connectivity index (χ4n) is 4.69. The zero-order chi connectivity index (χ0) is 22.7. The molecule has 0 amide bonds. The number of hydrogen-bond acceptors (Lipinski definition) is 6. The predicted molar refractivity (Wildman–Crippen MR) is 127 cm³/mol. The minimum absolute atomic E-state index is 0.0733. The highest BCUT2D eigenvalue weighted by molar-refractivity contribution is 7.92. The molecule has 2 aromatic rings. The van der Waals surface area contributed by atoms with Crippen molar-refractivity contribution < 1.29 is 23.2 Å². The first kappa shape index (κ1) is 22.8. The van der Waals surface area contributed by atoms with Gasteiger partial charge >= 0.3 is 7.12 Å². The van der Waals surface area contributed by atoms with Gasteiger partial charge in [0.1, 0.15) is 5.75 Å². The molecule has 2 atom stereocenters. The zero-order valence-electron chi connectivity index (χ0n) is 18.1. The van der Waals surface area contributed by atoms with E-state index in [4.69, 9.17) is 4.65 Å². The second-order valence-electron chi connectivity index (χ2n) is 8.43. The summed E-state index contributed by atoms with van der Waals surface area (Å²) in [7, 11) is -4.37. The minimum Gasteiger partial charge on any atom is -0.508 e. The second-order valence-corrected chi connectivity index (χ2v) is 10.6. The predicted octanol–water partition coefficient (Wildman–Crippen LogP) is 3.88. The summed E-state index contributed by atoms with van der Waals surface area (Å²) in [4.78, 5) is 4.49. The quantitative estimate of drug-likeness (QED) is 0.488. The zero-order valence-corrected chi connectivity index (χ0v) is 19.0. The van der Waals surface area contributed by atoms with Gasteiger partial charge in [0.2, 0.25) is 0 Å². The molecule has 0 saturated carbocycles. The van der Waals surface area contributed by atoms with Crippen LogP contribution >= 0.6 is 0 Å². The monoisotopic (exact) mass is 453 g/mol. The van der Waals surface area contributed by atoms with Crippen LogP contribution in [0.15, 0.2) is 59.8 Å². The van der Waals surface area contributed by atoms with Gasteiger partial charge in [0.25, 0.3) is 0 Å². The Morgan fingerprint density at radius 3 is 2.72 bits per heavy atom. The smallest absolute Gasteiger partial charge is 0.456 e. The van der Waals surface area contributed by atoms with E-state index in [-0.39, 0.29) is 17.8 Å². The molecule has 1 aromatic carbocycles. The number of phenols is 1. The third-order valence-corrected chi connectivity index (χ3v) is 8.17. The lowest BCUT2D eigenvalue weighted by molar-refractivity contribution is 0.171. The fourth-order valence-corrected chi connectivity index (χ4v) is 6.85. The Bertz CT molecular complexity index is 1110. The maximum atomic E-state index is 12.8. The van der Waals surface area contributed by atoms with Gasteiger partial charge in [-0.25, -0.2) is 8.42 Å². The summed E-state index contributed by atoms with van der Waals surface area (Å²) in [5.41, 5.74) is 4.56. The third kappa shape index (κ3) is 4.98. The molecule has 168 valence electrons. The molecule has 8 heteroatoms. The van der Waals surface area contributed by atoms with Crippen molar-refractivity contribution in [2.75, 3.05) is 5.75 Å². The van der Waals surface area contributed by atoms with Crippen LogP contribution < -0.4 is 0 Å². The Morgan fingerprint density at radius 1 is 1.25 bits per heavy atom. The number of hydrogen-bond donors (Lipinski definition) is 2. The summed E-state index contributed by atoms with van der Waals surface area (Å²) in [5.74, 6) is 0.277. The SMILES string of the molecule is CCCC1=C2[C@@H](CC/C(=C/c3ccc(O)cc3)c3ccccn3)OB(O)C[C@@H]2S(=O)(=O)C1. The number of benzene rings is 1. The van der Waals surface area contributed by atoms with Crippen molar-refractivity contribution >= 4 is 28.6 Å². The standard InChI is InChI=1S/C24H28BNO5S/c1-2-5-19-16-32(29,30)23-15-25(28)31-22(24(19)23)12-9-18(21-6-3-4-13-26-21)14-17-7-10-20(27)11-8-17/h3-4,6-8,10-11,13-14,22-23,27-28H,2,5,9,12,15-16H2,1H3/b18-14-/t22-,23+/m1/s1. The summed E-state index contributed by atoms with van der Waals surface area (Å²) in [6, 6.07) is 12.7. The second kappa shape index (κ2) is 9.61. The van der Waals surface area contributed by atoms with Crippen LogP contribution in [-0.4, -0.2) is 47.8 Å². The molecule has 32 heavy (non-hydrogen) atoms. The van der Waals surface area contributed by atoms with E-state index in [1.807, 2.05) is 43.3 Å². The fraction of sp³-hybridized carbons (Fsp3) is 0.375. The molecule has 0 aliphatic carbocycles. The van der Waals surface area contributed by atoms with Gasteiger partial charge < -0.3 is 14.8 Å². The molecule has 1 saturated heterocycles. The molecule has 0 unspecified atom stereocenters. The number of phenolic OH excluding ortho intramolecular Hbond substituents is 1. The van der Waals surface area contributed by atoms with Crippen LogP contribution in [0.2, 0.25) is 6.32 Å². The normalized spacial score (nSPS) is 22.8. The van der Waals surface area contributed by atoms with Crippen molar-refractivity contribution in [1.82, 2.24) is 4.98 Å². The van der Waals surface area contributed by atoms with E-state index >= 15 is 0 Å². The van der Waals surface area contributed by atoms with Crippen molar-refractivity contribution in [3.05, 3.63) is 71.1 Å². The lowest BCUT2D eigenvalue weighted by atomic mass is 9.74. The van der Waals surface area contributed by atoms with Crippen LogP contribution in [0, 0.1) is 0 Å². The maximum absolute atomic E-state index is 12.8. The summed E-state index contributed by atoms with van der Waals surface area (Å²) in [6.07, 6.45) is 6.19. The van der Waals surface area contributed by atoms with E-state index in [1.165, 1.54) is 0 Å². The van der Waals surface area contributed by atoms with Crippen molar-refractivity contribution in [2.24, 2.45) is 0 Å². The number of sulfone groups is 1. The van der Waals surface area contributed by atoms with E-state index in [0.717, 1.165) is 40.8 Å². The Labute approximate surface area is 189 Å². The number of pyridine rings is 1. The van der Waals surface area contributed by atoms with Crippen molar-refractivity contribution in [2.45, 2.75) is 50.3 Å². The number of fused-ring (bicyclic) bond motifs is 1. The summed E-state index contributed by atoms with van der Waals surface area (Å²) in [5, 5.41) is 19.2. The topological polar surface area (TPSA) is 96.7 Å². The molecule has 1 fully saturated rings. The highest BCUT2D eigenvalue weighted by Gasteiger charge is 2.48. The minimum atomic E-state index is -3.29. The van der Waals surface area contributed by atoms with Crippen LogP contribution in [-0.2, 0) is 14.5 Å². The van der Waals surface area contributed by atoms with Gasteiger partial charge in [-0.15, -0.1) is 0 Å². The molecular weight excluding hydrogens is 425 g/mol. The number of rotatable bonds is 7. The van der Waals surface area contributed by atoms with Crippen molar-refractivity contribution in [3.63, 3.8) is 0 Å². The molecular formula is C24H28BNO5S. The molecule has 4 rings (SSSR count). The van der Waals surface area contributed by atoms with Crippen molar-refractivity contribution in [1.29, 1.82) is 0 Å². The Morgan fingerprint density at radius 2 is 2.03 bits per heavy atom. The van der Waals surface area contributed by atoms with Gasteiger partial charge in [-0.3, -0.25) is 4.98 Å². The van der Waals surface area contributed by atoms with Gasteiger partial charge in [-0.2, -0.15) is 0 Å². The Balaban J connectivity index is 1.63. The lowest BCUT2D eigenvalue weighted by Gasteiger charge is -2.32. The maximum Gasteiger partial charge on any atom is 0.456 e. The largest absolute Gasteiger partial charge is 0.508 e. The number of allylic oxidation sites excluding steroid dienone is 1. The molecule has 0 spiro atoms. The van der Waals surface area contributed by atoms with Crippen LogP contribution in [0.1, 0.15) is 43.9 Å². The van der Waals surface area contributed by atoms with Crippen LogP contribution in [0.5, 0.6) is 5.75 Å². The summed E-state index contributed by atoms with van der Waals surface area (Å²) in [6.45, 7) is 2.04. The number of nitrogens with zero attached hydrogens (tertiary/aromatic N) is 1. The van der Waals surface area contributed by atoms with E-state index in [9.17, 15) is 18.5 Å². The molecule has 2 aliphatic rings. The average Bonchev–Trinajstić information content (AvgIpc) is 3.03. The molecule has 0 radical (unpaired) electrons. The average molecular weight is 453 g/mol. The van der Waals surface area contributed by atoms with E-state index < -0.39 is 28.3 Å². The van der Waals surface area contributed by atoms with E-state index in [0.29, 0.717) is 12.8 Å². The van der Waals surface area contributed by atoms with Gasteiger partial charge in [-0.1, -0.05) is 37.1 Å². The molecule has 2 N–H and O–H groups in total. The van der Waals surface area contributed by atoms with Gasteiger partial charge in [0, 0.05) is 12.5 Å². The first-order valence-corrected chi connectivity index (χ1v) is 12.8. The number of aromatic nitrogens is 1. The highest BCUT2D eigenvalue weighted by atomic mass is 32.2. The Kier molecular flexibility index (Phi) is 6.83. The van der Waals surface area contributed by atoms with Crippen LogP contribution in [0.4, 0.5) is 0 Å². The van der Waals surface area contributed by atoms with Gasteiger partial charge in [0.05, 0.1) is 22.8 Å². The summed E-state index contributed by atoms with van der Waals surface area (Å²) < 4.78 is 31.4. The van der Waals surface area contributed by atoms with Crippen LogP contribution in [0.3, 0.4) is 0 Å². The van der Waals surface area contributed by atoms with Gasteiger partial charge in [0.15, 0.2) is 9.84 Å².